The highest BCUT2D eigenvalue weighted by atomic mass is 35.5. The van der Waals surface area contributed by atoms with E-state index in [2.05, 4.69) is 36.6 Å². The summed E-state index contributed by atoms with van der Waals surface area (Å²) in [7, 11) is 0. The van der Waals surface area contributed by atoms with Gasteiger partial charge in [0.25, 0.3) is 0 Å². The SMILES string of the molecule is CC1(CCC(=O)NC2C=CC(C)(C3CCN(C(=O)NC4=C(Cl)CCC=C4Cl)CC3)CC2)CCCCC1. The van der Waals surface area contributed by atoms with Crippen molar-refractivity contribution in [1.82, 2.24) is 15.5 Å². The topological polar surface area (TPSA) is 61.4 Å². The van der Waals surface area contributed by atoms with E-state index in [-0.39, 0.29) is 23.4 Å². The van der Waals surface area contributed by atoms with E-state index in [1.54, 1.807) is 0 Å². The number of allylic oxidation sites excluding steroid dienone is 4. The Kier molecular flexibility index (Phi) is 9.14. The van der Waals surface area contributed by atoms with Crippen molar-refractivity contribution < 1.29 is 9.59 Å². The normalized spacial score (nSPS) is 29.1. The molecule has 2 unspecified atom stereocenters. The van der Waals surface area contributed by atoms with Gasteiger partial charge in [-0.1, -0.05) is 74.5 Å². The fourth-order valence-electron chi connectivity index (χ4n) is 6.53. The van der Waals surface area contributed by atoms with Crippen molar-refractivity contribution in [2.24, 2.45) is 16.7 Å². The van der Waals surface area contributed by atoms with Gasteiger partial charge in [0.1, 0.15) is 0 Å². The molecule has 2 fully saturated rings. The molecule has 1 aliphatic heterocycles. The summed E-state index contributed by atoms with van der Waals surface area (Å²) >= 11 is 12.6. The molecule has 4 aliphatic rings. The number of likely N-dealkylation sites (tertiary alicyclic amines) is 1. The van der Waals surface area contributed by atoms with E-state index < -0.39 is 0 Å². The van der Waals surface area contributed by atoms with E-state index in [0.29, 0.717) is 39.9 Å². The van der Waals surface area contributed by atoms with Crippen LogP contribution < -0.4 is 10.6 Å². The summed E-state index contributed by atoms with van der Waals surface area (Å²) in [5.74, 6) is 0.726. The fourth-order valence-corrected chi connectivity index (χ4v) is 7.11. The number of carbonyl (C=O) groups is 2. The summed E-state index contributed by atoms with van der Waals surface area (Å²) in [6.07, 6.45) is 20.1. The van der Waals surface area contributed by atoms with Crippen LogP contribution in [0.15, 0.2) is 34.0 Å². The van der Waals surface area contributed by atoms with E-state index in [1.165, 1.54) is 32.1 Å². The summed E-state index contributed by atoms with van der Waals surface area (Å²) in [4.78, 5) is 27.3. The summed E-state index contributed by atoms with van der Waals surface area (Å²) < 4.78 is 0. The maximum absolute atomic E-state index is 12.8. The monoisotopic (exact) mass is 535 g/mol. The summed E-state index contributed by atoms with van der Waals surface area (Å²) in [5.41, 5.74) is 1.02. The third-order valence-corrected chi connectivity index (χ3v) is 9.93. The number of urea groups is 1. The van der Waals surface area contributed by atoms with Crippen LogP contribution in [0.3, 0.4) is 0 Å². The van der Waals surface area contributed by atoms with Crippen molar-refractivity contribution in [3.05, 3.63) is 34.0 Å². The molecule has 0 aromatic rings. The average Bonchev–Trinajstić information content (AvgIpc) is 2.87. The molecule has 0 aromatic heterocycles. The van der Waals surface area contributed by atoms with Crippen molar-refractivity contribution >= 4 is 35.1 Å². The first-order valence-electron chi connectivity index (χ1n) is 14.0. The molecule has 1 saturated heterocycles. The first-order chi connectivity index (χ1) is 17.2. The first-order valence-corrected chi connectivity index (χ1v) is 14.7. The molecule has 200 valence electrons. The molecule has 2 N–H and O–H groups in total. The van der Waals surface area contributed by atoms with Gasteiger partial charge in [0.05, 0.1) is 10.7 Å². The summed E-state index contributed by atoms with van der Waals surface area (Å²) in [6, 6.07) is 0.0196. The summed E-state index contributed by atoms with van der Waals surface area (Å²) in [5, 5.41) is 7.34. The number of hydrogen-bond donors (Lipinski definition) is 2. The van der Waals surface area contributed by atoms with Crippen LogP contribution in [0.4, 0.5) is 4.79 Å². The Bertz CT molecular complexity index is 913. The lowest BCUT2D eigenvalue weighted by Gasteiger charge is -2.43. The minimum absolute atomic E-state index is 0.112. The van der Waals surface area contributed by atoms with Gasteiger partial charge >= 0.3 is 6.03 Å². The number of carbonyl (C=O) groups excluding carboxylic acids is 2. The zero-order valence-corrected chi connectivity index (χ0v) is 23.5. The van der Waals surface area contributed by atoms with Gasteiger partial charge in [0.2, 0.25) is 5.91 Å². The molecule has 1 saturated carbocycles. The van der Waals surface area contributed by atoms with Gasteiger partial charge in [-0.25, -0.2) is 4.79 Å². The zero-order chi connectivity index (χ0) is 25.8. The maximum Gasteiger partial charge on any atom is 0.321 e. The van der Waals surface area contributed by atoms with Crippen molar-refractivity contribution in [3.8, 4) is 0 Å². The third-order valence-electron chi connectivity index (χ3n) is 9.21. The van der Waals surface area contributed by atoms with E-state index in [1.807, 2.05) is 11.0 Å². The highest BCUT2D eigenvalue weighted by Gasteiger charge is 2.38. The Morgan fingerprint density at radius 3 is 2.42 bits per heavy atom. The molecule has 0 radical (unpaired) electrons. The van der Waals surface area contributed by atoms with Crippen LogP contribution in [0.25, 0.3) is 0 Å². The lowest BCUT2D eigenvalue weighted by Crippen LogP contribution is -2.47. The molecule has 1 heterocycles. The lowest BCUT2D eigenvalue weighted by atomic mass is 9.67. The molecule has 0 aromatic carbocycles. The van der Waals surface area contributed by atoms with E-state index in [0.717, 1.165) is 51.6 Å². The number of halogens is 2. The van der Waals surface area contributed by atoms with Gasteiger partial charge in [-0.15, -0.1) is 0 Å². The lowest BCUT2D eigenvalue weighted by molar-refractivity contribution is -0.122. The molecule has 3 amide bonds. The number of piperidine rings is 1. The van der Waals surface area contributed by atoms with E-state index in [4.69, 9.17) is 23.2 Å². The molecular weight excluding hydrogens is 493 g/mol. The van der Waals surface area contributed by atoms with Crippen molar-refractivity contribution in [1.29, 1.82) is 0 Å². The number of nitrogens with one attached hydrogen (secondary N) is 2. The Morgan fingerprint density at radius 2 is 1.78 bits per heavy atom. The molecule has 2 atom stereocenters. The second kappa shape index (κ2) is 11.9. The second-order valence-electron chi connectivity index (χ2n) is 12.0. The van der Waals surface area contributed by atoms with Crippen LogP contribution in [0.2, 0.25) is 0 Å². The smallest absolute Gasteiger partial charge is 0.321 e. The van der Waals surface area contributed by atoms with Crippen LogP contribution in [0.1, 0.15) is 97.3 Å². The van der Waals surface area contributed by atoms with Crippen LogP contribution in [0.5, 0.6) is 0 Å². The largest absolute Gasteiger partial charge is 0.350 e. The minimum atomic E-state index is -0.121. The van der Waals surface area contributed by atoms with Gasteiger partial charge in [0, 0.05) is 30.6 Å². The molecule has 36 heavy (non-hydrogen) atoms. The van der Waals surface area contributed by atoms with E-state index in [9.17, 15) is 9.59 Å². The predicted octanol–water partition coefficient (Wildman–Crippen LogP) is 7.37. The van der Waals surface area contributed by atoms with Gasteiger partial charge in [-0.05, 0) is 74.5 Å². The standard InChI is InChI=1S/C29H43Cl2N3O2/c1-28(14-4-3-5-15-28)16-11-25(35)32-22-9-17-29(2,18-10-22)21-12-19-34(20-13-21)27(36)33-26-23(30)7-6-8-24(26)31/h7,9,17,21-22H,3-6,8,10-16,18-20H2,1-2H3,(H,32,35)(H,33,36). The summed E-state index contributed by atoms with van der Waals surface area (Å²) in [6.45, 7) is 6.15. The van der Waals surface area contributed by atoms with Crippen LogP contribution in [0, 0.1) is 16.7 Å². The van der Waals surface area contributed by atoms with Crippen LogP contribution in [-0.4, -0.2) is 36.0 Å². The highest BCUT2D eigenvalue weighted by Crippen LogP contribution is 2.43. The second-order valence-corrected chi connectivity index (χ2v) is 12.9. The molecule has 5 nitrogen and oxygen atoms in total. The molecule has 7 heteroatoms. The minimum Gasteiger partial charge on any atom is -0.350 e. The number of nitrogens with zero attached hydrogens (tertiary/aromatic N) is 1. The van der Waals surface area contributed by atoms with Crippen molar-refractivity contribution in [3.63, 3.8) is 0 Å². The Hall–Kier alpha value is -1.46. The highest BCUT2D eigenvalue weighted by molar-refractivity contribution is 6.36. The van der Waals surface area contributed by atoms with Gasteiger partial charge in [0.15, 0.2) is 0 Å². The van der Waals surface area contributed by atoms with Crippen LogP contribution >= 0.6 is 23.2 Å². The van der Waals surface area contributed by atoms with Gasteiger partial charge in [-0.2, -0.15) is 0 Å². The number of hydrogen-bond acceptors (Lipinski definition) is 2. The maximum atomic E-state index is 12.8. The zero-order valence-electron chi connectivity index (χ0n) is 22.0. The Morgan fingerprint density at radius 1 is 1.06 bits per heavy atom. The van der Waals surface area contributed by atoms with Crippen LogP contribution in [-0.2, 0) is 4.79 Å². The first kappa shape index (κ1) is 27.6. The quantitative estimate of drug-likeness (QED) is 0.348. The molecular formula is C29H43Cl2N3O2. The average molecular weight is 537 g/mol. The number of amides is 3. The van der Waals surface area contributed by atoms with Crippen molar-refractivity contribution in [2.45, 2.75) is 103 Å². The molecule has 0 spiro atoms. The van der Waals surface area contributed by atoms with Gasteiger partial charge < -0.3 is 15.5 Å². The third kappa shape index (κ3) is 6.89. The van der Waals surface area contributed by atoms with Crippen molar-refractivity contribution in [2.75, 3.05) is 13.1 Å². The van der Waals surface area contributed by atoms with Gasteiger partial charge in [-0.3, -0.25) is 4.79 Å². The fraction of sp³-hybridized carbons (Fsp3) is 0.724. The molecule has 3 aliphatic carbocycles. The molecule has 0 bridgehead atoms. The Balaban J connectivity index is 1.22. The van der Waals surface area contributed by atoms with E-state index >= 15 is 0 Å². The molecule has 4 rings (SSSR count). The Labute approximate surface area is 227 Å². The predicted molar refractivity (Wildman–Crippen MR) is 148 cm³/mol. The number of rotatable bonds is 6.